The number of carbonyl (C=O) groups excluding carboxylic acids is 6. The molecule has 2 heterocycles. The number of aryl methyl sites for hydroxylation is 2. The van der Waals surface area contributed by atoms with Crippen molar-refractivity contribution in [3.8, 4) is 0 Å². The fourth-order valence-electron chi connectivity index (χ4n) is 10.5. The monoisotopic (exact) mass is 903 g/mol. The zero-order chi connectivity index (χ0) is 46.9. The number of ether oxygens (including phenoxy) is 4. The molecule has 0 aromatic heterocycles. The molecule has 14 heteroatoms. The van der Waals surface area contributed by atoms with Crippen LogP contribution in [0.4, 0.5) is 0 Å². The van der Waals surface area contributed by atoms with Gasteiger partial charge < -0.3 is 28.7 Å². The lowest BCUT2D eigenvalue weighted by Gasteiger charge is -2.35. The summed E-state index contributed by atoms with van der Waals surface area (Å²) in [6.07, 6.45) is 12.0. The molecule has 358 valence electrons. The third-order valence-electron chi connectivity index (χ3n) is 13.6. The summed E-state index contributed by atoms with van der Waals surface area (Å²) >= 11 is 0. The second-order valence-corrected chi connectivity index (χ2v) is 17.9. The van der Waals surface area contributed by atoms with Crippen molar-refractivity contribution in [3.05, 3.63) is 71.8 Å². The number of hydrogen-bond acceptors (Lipinski definition) is 12. The number of likely N-dealkylation sites (tertiary alicyclic amines) is 2. The molecule has 2 N–H and O–H groups in total. The van der Waals surface area contributed by atoms with Crippen LogP contribution in [0.15, 0.2) is 60.7 Å². The number of benzene rings is 2. The van der Waals surface area contributed by atoms with Crippen molar-refractivity contribution in [1.82, 2.24) is 20.4 Å². The Kier molecular flexibility index (Phi) is 20.3. The molecule has 2 aliphatic heterocycles. The van der Waals surface area contributed by atoms with Crippen LogP contribution in [-0.4, -0.2) is 121 Å². The molecular weight excluding hydrogens is 829 g/mol. The molecule has 2 amide bonds. The molecule has 2 aromatic rings. The van der Waals surface area contributed by atoms with Gasteiger partial charge in [0.05, 0.1) is 39.0 Å². The van der Waals surface area contributed by atoms with Crippen LogP contribution in [0.25, 0.3) is 0 Å². The van der Waals surface area contributed by atoms with Gasteiger partial charge in [-0.1, -0.05) is 86.3 Å². The molecule has 10 atom stereocenters. The maximum atomic E-state index is 13.6. The minimum absolute atomic E-state index is 0.0648. The van der Waals surface area contributed by atoms with Gasteiger partial charge in [-0.3, -0.25) is 29.8 Å². The zero-order valence-electron chi connectivity index (χ0n) is 39.5. The molecule has 4 fully saturated rings. The van der Waals surface area contributed by atoms with Crippen LogP contribution in [-0.2, 0) is 60.6 Å². The van der Waals surface area contributed by atoms with Gasteiger partial charge in [-0.15, -0.1) is 0 Å². The van der Waals surface area contributed by atoms with E-state index in [1.807, 2.05) is 60.7 Å². The van der Waals surface area contributed by atoms with Gasteiger partial charge in [-0.25, -0.2) is 9.59 Å². The van der Waals surface area contributed by atoms with Crippen LogP contribution >= 0.6 is 0 Å². The van der Waals surface area contributed by atoms with E-state index in [-0.39, 0.29) is 61.0 Å². The average Bonchev–Trinajstić information content (AvgIpc) is 3.91. The van der Waals surface area contributed by atoms with Crippen LogP contribution in [0.3, 0.4) is 0 Å². The molecule has 4 aliphatic rings. The van der Waals surface area contributed by atoms with Crippen LogP contribution < -0.4 is 10.6 Å². The predicted octanol–water partition coefficient (Wildman–Crippen LogP) is 6.11. The van der Waals surface area contributed by atoms with Crippen molar-refractivity contribution in [1.29, 1.82) is 0 Å². The molecule has 2 saturated heterocycles. The molecule has 6 unspecified atom stereocenters. The van der Waals surface area contributed by atoms with E-state index >= 15 is 0 Å². The number of carbonyl (C=O) groups is 6. The Balaban J connectivity index is 0.000000244. The van der Waals surface area contributed by atoms with E-state index in [4.69, 9.17) is 18.9 Å². The van der Waals surface area contributed by atoms with E-state index < -0.39 is 36.3 Å². The summed E-state index contributed by atoms with van der Waals surface area (Å²) in [6, 6.07) is 16.5. The molecule has 0 radical (unpaired) electrons. The number of amides is 2. The Bertz CT molecular complexity index is 1850. The highest BCUT2D eigenvalue weighted by atomic mass is 16.5. The maximum Gasteiger partial charge on any atom is 0.328 e. The van der Waals surface area contributed by atoms with Crippen molar-refractivity contribution in [3.63, 3.8) is 0 Å². The maximum absolute atomic E-state index is 13.6. The lowest BCUT2D eigenvalue weighted by molar-refractivity contribution is -0.155. The van der Waals surface area contributed by atoms with Gasteiger partial charge in [0.2, 0.25) is 11.8 Å². The van der Waals surface area contributed by atoms with Crippen LogP contribution in [0.1, 0.15) is 123 Å². The van der Waals surface area contributed by atoms with E-state index in [0.29, 0.717) is 57.0 Å². The Morgan fingerprint density at radius 3 is 1.34 bits per heavy atom. The molecule has 14 nitrogen and oxygen atoms in total. The zero-order valence-corrected chi connectivity index (χ0v) is 39.5. The van der Waals surface area contributed by atoms with E-state index in [0.717, 1.165) is 62.5 Å². The van der Waals surface area contributed by atoms with Crippen molar-refractivity contribution in [2.24, 2.45) is 11.8 Å². The van der Waals surface area contributed by atoms with Gasteiger partial charge in [-0.05, 0) is 122 Å². The summed E-state index contributed by atoms with van der Waals surface area (Å²) in [4.78, 5) is 81.0. The highest BCUT2D eigenvalue weighted by Crippen LogP contribution is 2.42. The molecule has 2 aromatic carbocycles. The minimum Gasteiger partial charge on any atom is -0.467 e. The summed E-state index contributed by atoms with van der Waals surface area (Å²) in [7, 11) is 1.37. The lowest BCUT2D eigenvalue weighted by Crippen LogP contribution is -2.56. The first kappa shape index (κ1) is 51.2. The summed E-state index contributed by atoms with van der Waals surface area (Å²) in [6.45, 7) is 9.73. The first-order valence-electron chi connectivity index (χ1n) is 24.2. The normalized spacial score (nSPS) is 24.2. The lowest BCUT2D eigenvalue weighted by atomic mass is 9.84. The number of fused-ring (bicyclic) bond motifs is 2. The van der Waals surface area contributed by atoms with Gasteiger partial charge in [-0.2, -0.15) is 0 Å². The van der Waals surface area contributed by atoms with E-state index in [1.165, 1.54) is 7.11 Å². The molecule has 6 rings (SSSR count). The SMILES string of the molecule is CCOC(=O)C1CC2CCCCC2N1C(=O)[C@H](C)N[C@@H](CCc1ccccc1)C(=O)OCC.CCOC(=O)[C@H](CCc1ccccc1)N[C@@H](C)C(=O)N1C(C(=O)OC)CC2CCCCC21. The third kappa shape index (κ3) is 13.9. The largest absolute Gasteiger partial charge is 0.467 e. The molecule has 65 heavy (non-hydrogen) atoms. The molecule has 0 spiro atoms. The smallest absolute Gasteiger partial charge is 0.328 e. The topological polar surface area (TPSA) is 170 Å². The van der Waals surface area contributed by atoms with Crippen molar-refractivity contribution in [2.45, 2.75) is 173 Å². The summed E-state index contributed by atoms with van der Waals surface area (Å²) in [5.41, 5.74) is 2.25. The first-order valence-corrected chi connectivity index (χ1v) is 24.2. The summed E-state index contributed by atoms with van der Waals surface area (Å²) in [5, 5.41) is 6.42. The van der Waals surface area contributed by atoms with E-state index in [1.54, 1.807) is 44.4 Å². The van der Waals surface area contributed by atoms with Gasteiger partial charge in [0.1, 0.15) is 24.2 Å². The standard InChI is InChI=1S/C26H38N2O5.C25H36N2O5/c1-4-32-25(30)21(16-15-19-11-7-6-8-12-19)27-18(3)24(29)28-22-14-10-9-13-20(22)17-23(28)26(31)33-5-2;1-4-32-24(29)20(15-14-18-10-6-5-7-11-18)26-17(2)23(28)27-21-13-9-8-12-19(21)16-22(27)25(30)31-3/h6-8,11-12,18,20-23,27H,4-5,9-10,13-17H2,1-3H3;5-7,10-11,17,19-22,26H,4,8-9,12-16H2,1-3H3/t18-,20?,21-,22?,23?;17-,19?,20-,21?,22?/m00/s1. The first-order chi connectivity index (χ1) is 31.4. The van der Waals surface area contributed by atoms with Gasteiger partial charge in [0.25, 0.3) is 0 Å². The van der Waals surface area contributed by atoms with Crippen molar-refractivity contribution in [2.75, 3.05) is 26.9 Å². The third-order valence-corrected chi connectivity index (χ3v) is 13.6. The van der Waals surface area contributed by atoms with Gasteiger partial charge in [0.15, 0.2) is 0 Å². The Hall–Kier alpha value is -4.82. The molecule has 2 aliphatic carbocycles. The summed E-state index contributed by atoms with van der Waals surface area (Å²) in [5.74, 6) is -1.01. The van der Waals surface area contributed by atoms with Gasteiger partial charge in [0, 0.05) is 12.1 Å². The van der Waals surface area contributed by atoms with Crippen LogP contribution in [0.2, 0.25) is 0 Å². The Labute approximate surface area is 386 Å². The predicted molar refractivity (Wildman–Crippen MR) is 246 cm³/mol. The second kappa shape index (κ2) is 25.8. The van der Waals surface area contributed by atoms with E-state index in [9.17, 15) is 28.8 Å². The van der Waals surface area contributed by atoms with Crippen LogP contribution in [0.5, 0.6) is 0 Å². The number of methoxy groups -OCH3 is 1. The van der Waals surface area contributed by atoms with Gasteiger partial charge >= 0.3 is 23.9 Å². The fourth-order valence-corrected chi connectivity index (χ4v) is 10.5. The molecule has 0 bridgehead atoms. The Morgan fingerprint density at radius 1 is 0.569 bits per heavy atom. The number of esters is 4. The average molecular weight is 903 g/mol. The quantitative estimate of drug-likeness (QED) is 0.123. The number of hydrogen-bond donors (Lipinski definition) is 2. The number of nitrogens with one attached hydrogen (secondary N) is 2. The van der Waals surface area contributed by atoms with Crippen LogP contribution in [0, 0.1) is 11.8 Å². The fraction of sp³-hybridized carbons (Fsp3) is 0.647. The summed E-state index contributed by atoms with van der Waals surface area (Å²) < 4.78 is 20.9. The van der Waals surface area contributed by atoms with E-state index in [2.05, 4.69) is 10.6 Å². The number of nitrogens with zero attached hydrogens (tertiary/aromatic N) is 2. The highest BCUT2D eigenvalue weighted by Gasteiger charge is 2.50. The number of rotatable bonds is 19. The molecule has 2 saturated carbocycles. The van der Waals surface area contributed by atoms with Crippen molar-refractivity contribution < 1.29 is 47.7 Å². The second-order valence-electron chi connectivity index (χ2n) is 17.9. The highest BCUT2D eigenvalue weighted by molar-refractivity contribution is 5.90. The Morgan fingerprint density at radius 2 is 0.954 bits per heavy atom. The minimum atomic E-state index is -0.618. The molecular formula is C51H74N4O10. The van der Waals surface area contributed by atoms with Crippen molar-refractivity contribution >= 4 is 35.7 Å².